The summed E-state index contributed by atoms with van der Waals surface area (Å²) in [6, 6.07) is 12.6. The van der Waals surface area contributed by atoms with E-state index in [2.05, 4.69) is 15.3 Å². The molecule has 1 aromatic heterocycles. The fourth-order valence-electron chi connectivity index (χ4n) is 3.59. The molecule has 3 aromatic carbocycles. The lowest BCUT2D eigenvalue weighted by Crippen LogP contribution is -2.22. The molecule has 200 valence electrons. The van der Waals surface area contributed by atoms with Crippen molar-refractivity contribution in [1.29, 1.82) is 0 Å². The van der Waals surface area contributed by atoms with Crippen molar-refractivity contribution < 1.29 is 32.9 Å². The topological polar surface area (TPSA) is 128 Å². The molecule has 0 unspecified atom stereocenters. The Kier molecular flexibility index (Phi) is 7.90. The number of nitrogens with one attached hydrogen (secondary N) is 1. The summed E-state index contributed by atoms with van der Waals surface area (Å²) < 4.78 is 44.6. The lowest BCUT2D eigenvalue weighted by molar-refractivity contribution is -0.113. The number of rotatable bonds is 8. The smallest absolute Gasteiger partial charge is 0.275 e. The van der Waals surface area contributed by atoms with E-state index in [-0.39, 0.29) is 11.4 Å². The van der Waals surface area contributed by atoms with Gasteiger partial charge in [-0.3, -0.25) is 14.8 Å². The van der Waals surface area contributed by atoms with Gasteiger partial charge in [0.1, 0.15) is 17.3 Å². The highest BCUT2D eigenvalue weighted by atomic mass is 19.1. The van der Waals surface area contributed by atoms with Gasteiger partial charge in [0, 0.05) is 29.4 Å². The number of allylic oxidation sites excluding steroid dienone is 1. The van der Waals surface area contributed by atoms with E-state index in [1.807, 2.05) is 0 Å². The number of methoxy groups -OCH3 is 2. The van der Waals surface area contributed by atoms with Gasteiger partial charge < -0.3 is 30.4 Å². The van der Waals surface area contributed by atoms with E-state index in [1.54, 1.807) is 25.1 Å². The minimum absolute atomic E-state index is 0.0675. The van der Waals surface area contributed by atoms with E-state index < -0.39 is 29.0 Å². The third-order valence-electron chi connectivity index (χ3n) is 5.62. The lowest BCUT2D eigenvalue weighted by atomic mass is 10.2. The third kappa shape index (κ3) is 6.04. The Morgan fingerprint density at radius 1 is 1.00 bits per heavy atom. The summed E-state index contributed by atoms with van der Waals surface area (Å²) in [7, 11) is 3.00. The molecule has 0 atom stereocenters. The number of halogens is 2. The quantitative estimate of drug-likeness (QED) is 0.150. The summed E-state index contributed by atoms with van der Waals surface area (Å²) in [6.45, 7) is 1.64. The molecular weight excluding hydrogens is 510 g/mol. The number of pyridine rings is 1. The molecule has 4 rings (SSSR count). The van der Waals surface area contributed by atoms with Crippen molar-refractivity contribution in [2.45, 2.75) is 6.92 Å². The summed E-state index contributed by atoms with van der Waals surface area (Å²) in [6.07, 6.45) is 2.48. The number of hydrogen-bond donors (Lipinski definition) is 3. The normalized spacial score (nSPS) is 11.8. The highest BCUT2D eigenvalue weighted by Gasteiger charge is 2.15. The lowest BCUT2D eigenvalue weighted by Gasteiger charge is -2.13. The number of benzene rings is 3. The Morgan fingerprint density at radius 2 is 1.74 bits per heavy atom. The molecule has 11 heteroatoms. The second-order valence-corrected chi connectivity index (χ2v) is 8.22. The number of carbonyl (C=O) groups excluding carboxylic acids is 1. The molecule has 4 N–H and O–H groups in total. The SMILES string of the molecule is COc1cc2nccc(Oc3ccc(NC(=O)C(N)=C(O)C=Nc4ccc(F)cc4C)cc3F)c2cc1OC. The van der Waals surface area contributed by atoms with E-state index >= 15 is 0 Å². The molecule has 0 bridgehead atoms. The van der Waals surface area contributed by atoms with Crippen molar-refractivity contribution in [2.24, 2.45) is 10.7 Å². The van der Waals surface area contributed by atoms with Gasteiger partial charge in [0.2, 0.25) is 0 Å². The van der Waals surface area contributed by atoms with E-state index in [9.17, 15) is 18.7 Å². The van der Waals surface area contributed by atoms with E-state index in [0.717, 1.165) is 12.3 Å². The summed E-state index contributed by atoms with van der Waals surface area (Å²) in [5.41, 5.74) is 6.70. The molecule has 0 aliphatic carbocycles. The first-order valence-electron chi connectivity index (χ1n) is 11.5. The van der Waals surface area contributed by atoms with E-state index in [1.165, 1.54) is 50.7 Å². The second-order valence-electron chi connectivity index (χ2n) is 8.22. The Hall–Kier alpha value is -5.19. The Morgan fingerprint density at radius 3 is 2.44 bits per heavy atom. The van der Waals surface area contributed by atoms with Crippen LogP contribution in [0.1, 0.15) is 5.56 Å². The highest BCUT2D eigenvalue weighted by Crippen LogP contribution is 2.37. The summed E-state index contributed by atoms with van der Waals surface area (Å²) >= 11 is 0. The number of carbonyl (C=O) groups is 1. The van der Waals surface area contributed by atoms with Crippen molar-refractivity contribution in [3.8, 4) is 23.0 Å². The Labute approximate surface area is 222 Å². The number of nitrogens with zero attached hydrogens (tertiary/aromatic N) is 2. The van der Waals surface area contributed by atoms with Crippen LogP contribution in [-0.4, -0.2) is 36.4 Å². The molecule has 1 heterocycles. The number of amides is 1. The summed E-state index contributed by atoms with van der Waals surface area (Å²) in [4.78, 5) is 20.8. The fourth-order valence-corrected chi connectivity index (χ4v) is 3.59. The first-order chi connectivity index (χ1) is 18.7. The van der Waals surface area contributed by atoms with Crippen molar-refractivity contribution in [3.05, 3.63) is 89.4 Å². The molecule has 9 nitrogen and oxygen atoms in total. The summed E-state index contributed by atoms with van der Waals surface area (Å²) in [5, 5.41) is 13.1. The number of hydrogen-bond acceptors (Lipinski definition) is 8. The van der Waals surface area contributed by atoms with Crippen molar-refractivity contribution in [1.82, 2.24) is 4.98 Å². The van der Waals surface area contributed by atoms with Crippen LogP contribution in [0.5, 0.6) is 23.0 Å². The molecule has 1 amide bonds. The van der Waals surface area contributed by atoms with Crippen molar-refractivity contribution >= 4 is 34.4 Å². The maximum Gasteiger partial charge on any atom is 0.275 e. The van der Waals surface area contributed by atoms with E-state index in [0.29, 0.717) is 39.4 Å². The molecule has 0 saturated heterocycles. The van der Waals surface area contributed by atoms with Crippen LogP contribution < -0.4 is 25.3 Å². The monoisotopic (exact) mass is 534 g/mol. The predicted molar refractivity (Wildman–Crippen MR) is 143 cm³/mol. The first-order valence-corrected chi connectivity index (χ1v) is 11.5. The van der Waals surface area contributed by atoms with Gasteiger partial charge in [-0.25, -0.2) is 8.78 Å². The van der Waals surface area contributed by atoms with Gasteiger partial charge in [0.15, 0.2) is 28.8 Å². The van der Waals surface area contributed by atoms with Gasteiger partial charge in [-0.05, 0) is 55.0 Å². The average Bonchev–Trinajstić information content (AvgIpc) is 2.92. The zero-order valence-electron chi connectivity index (χ0n) is 21.2. The average molecular weight is 535 g/mol. The molecule has 0 spiro atoms. The second kappa shape index (κ2) is 11.5. The molecule has 0 fully saturated rings. The van der Waals surface area contributed by atoms with Gasteiger partial charge in [0.25, 0.3) is 5.91 Å². The van der Waals surface area contributed by atoms with Gasteiger partial charge >= 0.3 is 0 Å². The van der Waals surface area contributed by atoms with E-state index in [4.69, 9.17) is 19.9 Å². The molecular formula is C28H24F2N4O5. The molecule has 0 radical (unpaired) electrons. The van der Waals surface area contributed by atoms with Crippen LogP contribution in [0.4, 0.5) is 20.2 Å². The van der Waals surface area contributed by atoms with Crippen LogP contribution in [0, 0.1) is 18.6 Å². The third-order valence-corrected chi connectivity index (χ3v) is 5.62. The van der Waals surface area contributed by atoms with Crippen LogP contribution >= 0.6 is 0 Å². The number of aromatic nitrogens is 1. The number of aliphatic hydroxyl groups is 1. The van der Waals surface area contributed by atoms with Crippen molar-refractivity contribution in [2.75, 3.05) is 19.5 Å². The van der Waals surface area contributed by atoms with Crippen LogP contribution in [0.3, 0.4) is 0 Å². The minimum atomic E-state index is -0.885. The zero-order valence-corrected chi connectivity index (χ0v) is 21.2. The predicted octanol–water partition coefficient (Wildman–Crippen LogP) is 5.70. The van der Waals surface area contributed by atoms with Crippen LogP contribution in [0.15, 0.2) is 77.2 Å². The maximum atomic E-state index is 14.9. The first kappa shape index (κ1) is 26.9. The Bertz CT molecular complexity index is 1620. The van der Waals surface area contributed by atoms with Crippen LogP contribution in [-0.2, 0) is 4.79 Å². The number of aryl methyl sites for hydroxylation is 1. The molecule has 0 saturated carbocycles. The number of aliphatic hydroxyl groups excluding tert-OH is 1. The Balaban J connectivity index is 1.50. The number of anilines is 1. The van der Waals surface area contributed by atoms with Crippen molar-refractivity contribution in [3.63, 3.8) is 0 Å². The molecule has 0 aliphatic rings. The zero-order chi connectivity index (χ0) is 28.1. The number of ether oxygens (including phenoxy) is 3. The number of nitrogens with two attached hydrogens (primary N) is 1. The molecule has 39 heavy (non-hydrogen) atoms. The summed E-state index contributed by atoms with van der Waals surface area (Å²) in [5.74, 6) is -1.54. The maximum absolute atomic E-state index is 14.9. The van der Waals surface area contributed by atoms with Crippen LogP contribution in [0.2, 0.25) is 0 Å². The van der Waals surface area contributed by atoms with Gasteiger partial charge in [0.05, 0.1) is 31.6 Å². The molecule has 0 aliphatic heterocycles. The minimum Gasteiger partial charge on any atom is -0.504 e. The largest absolute Gasteiger partial charge is 0.504 e. The number of fused-ring (bicyclic) bond motifs is 1. The standard InChI is InChI=1S/C28H24F2N4O5/c1-15-10-16(29)4-6-20(15)33-14-22(35)27(31)28(36)34-17-5-7-24(19(30)11-17)39-23-8-9-32-21-13-26(38-3)25(37-2)12-18(21)23/h4-14,35H,31H2,1-3H3,(H,34,36). The van der Waals surface area contributed by atoms with Gasteiger partial charge in [-0.2, -0.15) is 0 Å². The number of aliphatic imine (C=N–C) groups is 1. The van der Waals surface area contributed by atoms with Crippen LogP contribution in [0.25, 0.3) is 10.9 Å². The van der Waals surface area contributed by atoms with Gasteiger partial charge in [-0.1, -0.05) is 0 Å². The van der Waals surface area contributed by atoms with Gasteiger partial charge in [-0.15, -0.1) is 0 Å². The molecule has 4 aromatic rings. The highest BCUT2D eigenvalue weighted by molar-refractivity contribution is 6.06. The fraction of sp³-hybridized carbons (Fsp3) is 0.107.